The first kappa shape index (κ1) is 23.2. The zero-order valence-electron chi connectivity index (χ0n) is 16.7. The number of nitrogens with zero attached hydrogens (tertiary/aromatic N) is 2. The number of rotatable bonds is 5. The summed E-state index contributed by atoms with van der Waals surface area (Å²) in [7, 11) is 0. The van der Waals surface area contributed by atoms with Crippen LogP contribution in [0.15, 0.2) is 65.6 Å². The summed E-state index contributed by atoms with van der Waals surface area (Å²) in [5.74, 6) is -0.189. The fourth-order valence-electron chi connectivity index (χ4n) is 3.14. The van der Waals surface area contributed by atoms with Crippen molar-refractivity contribution in [3.05, 3.63) is 97.3 Å². The van der Waals surface area contributed by atoms with Gasteiger partial charge in [-0.3, -0.25) is 9.59 Å². The minimum atomic E-state index is -0.451. The molecular weight excluding hydrogens is 503 g/mol. The van der Waals surface area contributed by atoms with E-state index in [1.807, 2.05) is 6.07 Å². The van der Waals surface area contributed by atoms with Crippen molar-refractivity contribution in [2.24, 2.45) is 0 Å². The van der Waals surface area contributed by atoms with Gasteiger partial charge in [0, 0.05) is 10.6 Å². The molecule has 9 heteroatoms. The summed E-state index contributed by atoms with van der Waals surface area (Å²) in [6.07, 6.45) is 1.55. The number of amides is 2. The second-order valence-corrected chi connectivity index (χ2v) is 9.11. The van der Waals surface area contributed by atoms with Crippen LogP contribution in [0.3, 0.4) is 0 Å². The first-order valence-electron chi connectivity index (χ1n) is 9.50. The van der Waals surface area contributed by atoms with Crippen molar-refractivity contribution in [3.63, 3.8) is 0 Å². The molecule has 1 aliphatic heterocycles. The minimum absolute atomic E-state index is 0.114. The molecule has 164 valence electrons. The maximum Gasteiger partial charge on any atom is 0.298 e. The fraction of sp³-hybridized carbons (Fsp3) is 0.0417. The van der Waals surface area contributed by atoms with Gasteiger partial charge in [0.2, 0.25) is 0 Å². The zero-order chi connectivity index (χ0) is 23.5. The molecule has 1 fully saturated rings. The number of carbonyl (C=O) groups excluding carboxylic acids is 2. The van der Waals surface area contributed by atoms with E-state index in [1.165, 1.54) is 0 Å². The summed E-state index contributed by atoms with van der Waals surface area (Å²) in [4.78, 5) is 26.6. The molecule has 33 heavy (non-hydrogen) atoms. The van der Waals surface area contributed by atoms with Gasteiger partial charge in [-0.15, -0.1) is 0 Å². The Morgan fingerprint density at radius 2 is 1.67 bits per heavy atom. The predicted molar refractivity (Wildman–Crippen MR) is 132 cm³/mol. The Morgan fingerprint density at radius 1 is 1.00 bits per heavy atom. The Hall–Kier alpha value is -2.95. The van der Waals surface area contributed by atoms with Gasteiger partial charge in [0.25, 0.3) is 11.1 Å². The predicted octanol–water partition coefficient (Wildman–Crippen LogP) is 7.34. The molecule has 3 aromatic rings. The van der Waals surface area contributed by atoms with Gasteiger partial charge >= 0.3 is 0 Å². The van der Waals surface area contributed by atoms with E-state index in [4.69, 9.17) is 39.5 Å². The highest BCUT2D eigenvalue weighted by molar-refractivity contribution is 8.19. The van der Waals surface area contributed by atoms with Gasteiger partial charge < -0.3 is 4.74 Å². The topological polar surface area (TPSA) is 70.4 Å². The largest absolute Gasteiger partial charge is 0.486 e. The van der Waals surface area contributed by atoms with Gasteiger partial charge in [-0.2, -0.15) is 5.26 Å². The summed E-state index contributed by atoms with van der Waals surface area (Å²) in [5, 5.41) is 9.77. The van der Waals surface area contributed by atoms with Crippen LogP contribution >= 0.6 is 46.6 Å². The van der Waals surface area contributed by atoms with Gasteiger partial charge in [-0.25, -0.2) is 4.90 Å². The molecule has 0 aromatic heterocycles. The molecule has 0 spiro atoms. The molecule has 0 N–H and O–H groups in total. The lowest BCUT2D eigenvalue weighted by Gasteiger charge is -2.12. The molecule has 5 nitrogen and oxygen atoms in total. The number of imide groups is 1. The van der Waals surface area contributed by atoms with Gasteiger partial charge in [-0.1, -0.05) is 53.0 Å². The van der Waals surface area contributed by atoms with Crippen molar-refractivity contribution in [1.82, 2.24) is 0 Å². The van der Waals surface area contributed by atoms with Crippen molar-refractivity contribution < 1.29 is 14.3 Å². The third kappa shape index (κ3) is 5.02. The molecule has 1 saturated heterocycles. The number of nitriles is 1. The molecule has 0 aliphatic carbocycles. The van der Waals surface area contributed by atoms with E-state index in [2.05, 4.69) is 6.07 Å². The van der Waals surface area contributed by atoms with E-state index >= 15 is 0 Å². The van der Waals surface area contributed by atoms with Crippen LogP contribution in [-0.4, -0.2) is 11.1 Å². The quantitative estimate of drug-likeness (QED) is 0.332. The van der Waals surface area contributed by atoms with Crippen LogP contribution in [0.5, 0.6) is 5.75 Å². The van der Waals surface area contributed by atoms with Crippen molar-refractivity contribution in [1.29, 1.82) is 5.26 Å². The molecular formula is C24H13Cl3N2O3S. The zero-order valence-corrected chi connectivity index (χ0v) is 19.8. The van der Waals surface area contributed by atoms with Gasteiger partial charge in [0.15, 0.2) is 5.75 Å². The van der Waals surface area contributed by atoms with Crippen LogP contribution in [0.1, 0.15) is 16.7 Å². The summed E-state index contributed by atoms with van der Waals surface area (Å²) in [6.45, 7) is 0.114. The summed E-state index contributed by atoms with van der Waals surface area (Å²) < 4.78 is 5.76. The Bertz CT molecular complexity index is 1310. The Kier molecular flexibility index (Phi) is 6.96. The first-order chi connectivity index (χ1) is 15.9. The number of hydrogen-bond donors (Lipinski definition) is 0. The maximum atomic E-state index is 12.8. The minimum Gasteiger partial charge on any atom is -0.486 e. The number of anilines is 1. The lowest BCUT2D eigenvalue weighted by atomic mass is 10.1. The lowest BCUT2D eigenvalue weighted by molar-refractivity contribution is -0.113. The molecule has 0 radical (unpaired) electrons. The van der Waals surface area contributed by atoms with Crippen LogP contribution in [0.4, 0.5) is 10.5 Å². The molecule has 0 unspecified atom stereocenters. The molecule has 1 aliphatic rings. The van der Waals surface area contributed by atoms with Crippen LogP contribution in [-0.2, 0) is 11.4 Å². The maximum absolute atomic E-state index is 12.8. The molecule has 0 atom stereocenters. The monoisotopic (exact) mass is 514 g/mol. The van der Waals surface area contributed by atoms with Gasteiger partial charge in [-0.05, 0) is 65.9 Å². The van der Waals surface area contributed by atoms with Gasteiger partial charge in [0.1, 0.15) is 6.61 Å². The van der Waals surface area contributed by atoms with Crippen molar-refractivity contribution in [3.8, 4) is 11.8 Å². The standard InChI is InChI=1S/C24H13Cl3N2O3S/c25-17-5-7-18(8-6-17)29-23(30)21(33-24(29)31)11-14-9-19(26)22(20(27)10-14)32-13-16-4-2-1-3-15(16)12-28/h1-11H,13H2/b21-11+. The summed E-state index contributed by atoms with van der Waals surface area (Å²) in [5.41, 5.74) is 2.17. The third-order valence-electron chi connectivity index (χ3n) is 4.71. The number of carbonyl (C=O) groups is 2. The number of ether oxygens (including phenoxy) is 1. The van der Waals surface area contributed by atoms with E-state index < -0.39 is 11.1 Å². The second-order valence-electron chi connectivity index (χ2n) is 6.86. The van der Waals surface area contributed by atoms with Crippen molar-refractivity contribution >= 4 is 69.5 Å². The average molecular weight is 516 g/mol. The van der Waals surface area contributed by atoms with Crippen molar-refractivity contribution in [2.75, 3.05) is 4.90 Å². The van der Waals surface area contributed by atoms with E-state index in [0.29, 0.717) is 27.4 Å². The highest BCUT2D eigenvalue weighted by Gasteiger charge is 2.36. The highest BCUT2D eigenvalue weighted by Crippen LogP contribution is 2.39. The summed E-state index contributed by atoms with van der Waals surface area (Å²) in [6, 6.07) is 18.8. The third-order valence-corrected chi connectivity index (χ3v) is 6.39. The van der Waals surface area contributed by atoms with Crippen molar-refractivity contribution in [2.45, 2.75) is 6.61 Å². The van der Waals surface area contributed by atoms with E-state index in [-0.39, 0.29) is 27.3 Å². The van der Waals surface area contributed by atoms with Crippen LogP contribution in [0.25, 0.3) is 6.08 Å². The summed E-state index contributed by atoms with van der Waals surface area (Å²) >= 11 is 19.5. The molecule has 3 aromatic carbocycles. The number of hydrogen-bond acceptors (Lipinski definition) is 5. The second kappa shape index (κ2) is 9.90. The molecule has 0 bridgehead atoms. The number of thioether (sulfide) groups is 1. The SMILES string of the molecule is N#Cc1ccccc1COc1c(Cl)cc(/C=C2/SC(=O)N(c3ccc(Cl)cc3)C2=O)cc1Cl. The highest BCUT2D eigenvalue weighted by atomic mass is 35.5. The number of halogens is 3. The Balaban J connectivity index is 1.55. The van der Waals surface area contributed by atoms with Crippen LogP contribution < -0.4 is 9.64 Å². The average Bonchev–Trinajstić information content (AvgIpc) is 3.07. The number of benzene rings is 3. The Labute approximate surface area is 209 Å². The van der Waals surface area contributed by atoms with E-state index in [0.717, 1.165) is 16.7 Å². The van der Waals surface area contributed by atoms with Crippen LogP contribution in [0.2, 0.25) is 15.1 Å². The van der Waals surface area contributed by atoms with Gasteiger partial charge in [0.05, 0.1) is 32.3 Å². The molecule has 0 saturated carbocycles. The molecule has 2 amide bonds. The molecule has 1 heterocycles. The Morgan fingerprint density at radius 3 is 2.33 bits per heavy atom. The first-order valence-corrected chi connectivity index (χ1v) is 11.5. The normalized spacial score (nSPS) is 14.6. The van der Waals surface area contributed by atoms with Crippen LogP contribution in [0, 0.1) is 11.3 Å². The lowest BCUT2D eigenvalue weighted by Crippen LogP contribution is -2.27. The van der Waals surface area contributed by atoms with E-state index in [9.17, 15) is 14.9 Å². The smallest absolute Gasteiger partial charge is 0.298 e. The fourth-order valence-corrected chi connectivity index (χ4v) is 4.72. The molecule has 4 rings (SSSR count). The van der Waals surface area contributed by atoms with E-state index in [1.54, 1.807) is 60.7 Å².